The molecule has 0 N–H and O–H groups in total. The van der Waals surface area contributed by atoms with Crippen LogP contribution >= 0.6 is 0 Å². The number of piperidine rings is 1. The molecule has 1 aromatic carbocycles. The van der Waals surface area contributed by atoms with Gasteiger partial charge in [-0.05, 0) is 50.5 Å². The van der Waals surface area contributed by atoms with Gasteiger partial charge in [0.2, 0.25) is 10.0 Å². The molecular formula is C23H30N4O5S. The van der Waals surface area contributed by atoms with E-state index in [-0.39, 0.29) is 16.8 Å². The molecule has 10 heteroatoms. The average Bonchev–Trinajstić information content (AvgIpc) is 2.85. The highest BCUT2D eigenvalue weighted by Crippen LogP contribution is 2.28. The monoisotopic (exact) mass is 474 g/mol. The molecule has 2 aromatic rings. The van der Waals surface area contributed by atoms with E-state index in [1.807, 2.05) is 30.0 Å². The highest BCUT2D eigenvalue weighted by Gasteiger charge is 2.29. The summed E-state index contributed by atoms with van der Waals surface area (Å²) < 4.78 is 38.3. The standard InChI is InChI=1S/C23H30N4O5S/c1-3-32-23(28)19-5-4-10-26(16-19)22-9-8-20(24-25-22)18-7-6-17(2)21(15-18)33(29,30)27-11-13-31-14-12-27/h6-9,15,19H,3-5,10-14,16H2,1-2H3. The molecule has 0 saturated carbocycles. The van der Waals surface area contributed by atoms with Crippen molar-refractivity contribution in [2.24, 2.45) is 5.92 Å². The van der Waals surface area contributed by atoms with Crippen LogP contribution in [0.4, 0.5) is 5.82 Å². The number of anilines is 1. The molecule has 1 aromatic heterocycles. The minimum Gasteiger partial charge on any atom is -0.466 e. The zero-order chi connectivity index (χ0) is 23.4. The van der Waals surface area contributed by atoms with E-state index in [0.29, 0.717) is 62.1 Å². The maximum Gasteiger partial charge on any atom is 0.310 e. The van der Waals surface area contributed by atoms with Gasteiger partial charge in [-0.3, -0.25) is 4.79 Å². The van der Waals surface area contributed by atoms with Gasteiger partial charge in [0, 0.05) is 31.7 Å². The molecule has 0 bridgehead atoms. The number of hydrogen-bond donors (Lipinski definition) is 0. The minimum atomic E-state index is -3.61. The van der Waals surface area contributed by atoms with Crippen molar-refractivity contribution in [3.05, 3.63) is 35.9 Å². The summed E-state index contributed by atoms with van der Waals surface area (Å²) in [4.78, 5) is 14.5. The average molecular weight is 475 g/mol. The fraction of sp³-hybridized carbons (Fsp3) is 0.522. The number of aryl methyl sites for hydroxylation is 1. The van der Waals surface area contributed by atoms with Gasteiger partial charge >= 0.3 is 5.97 Å². The number of ether oxygens (including phenoxy) is 2. The van der Waals surface area contributed by atoms with Crippen molar-refractivity contribution in [3.8, 4) is 11.3 Å². The van der Waals surface area contributed by atoms with E-state index in [1.165, 1.54) is 4.31 Å². The Hall–Kier alpha value is -2.56. The van der Waals surface area contributed by atoms with Gasteiger partial charge in [0.1, 0.15) is 0 Å². The molecule has 2 fully saturated rings. The largest absolute Gasteiger partial charge is 0.466 e. The number of hydrogen-bond acceptors (Lipinski definition) is 8. The summed E-state index contributed by atoms with van der Waals surface area (Å²) in [5, 5.41) is 8.73. The van der Waals surface area contributed by atoms with Crippen LogP contribution < -0.4 is 4.90 Å². The molecule has 178 valence electrons. The van der Waals surface area contributed by atoms with Crippen molar-refractivity contribution >= 4 is 21.8 Å². The molecule has 33 heavy (non-hydrogen) atoms. The van der Waals surface area contributed by atoms with E-state index in [9.17, 15) is 13.2 Å². The Labute approximate surface area is 194 Å². The summed E-state index contributed by atoms with van der Waals surface area (Å²) in [5.74, 6) is 0.367. The number of esters is 1. The SMILES string of the molecule is CCOC(=O)C1CCCN(c2ccc(-c3ccc(C)c(S(=O)(=O)N4CCOCC4)c3)nn2)C1. The van der Waals surface area contributed by atoms with E-state index in [0.717, 1.165) is 19.4 Å². The fourth-order valence-electron chi connectivity index (χ4n) is 4.25. The van der Waals surface area contributed by atoms with Gasteiger partial charge in [0.15, 0.2) is 5.82 Å². The van der Waals surface area contributed by atoms with Crippen LogP contribution in [0.5, 0.6) is 0 Å². The zero-order valence-electron chi connectivity index (χ0n) is 19.1. The molecule has 0 amide bonds. The predicted octanol–water partition coefficient (Wildman–Crippen LogP) is 2.25. The predicted molar refractivity (Wildman–Crippen MR) is 123 cm³/mol. The second kappa shape index (κ2) is 10.1. The molecule has 1 unspecified atom stereocenters. The number of aromatic nitrogens is 2. The number of carbonyl (C=O) groups is 1. The van der Waals surface area contributed by atoms with Gasteiger partial charge in [0.05, 0.1) is 36.3 Å². The quantitative estimate of drug-likeness (QED) is 0.588. The van der Waals surface area contributed by atoms with Crippen LogP contribution in [-0.2, 0) is 24.3 Å². The second-order valence-electron chi connectivity index (χ2n) is 8.31. The summed E-state index contributed by atoms with van der Waals surface area (Å²) in [6.07, 6.45) is 1.69. The zero-order valence-corrected chi connectivity index (χ0v) is 19.9. The van der Waals surface area contributed by atoms with Crippen LogP contribution in [0.1, 0.15) is 25.3 Å². The first-order valence-electron chi connectivity index (χ1n) is 11.3. The summed E-state index contributed by atoms with van der Waals surface area (Å²) in [6, 6.07) is 9.03. The van der Waals surface area contributed by atoms with Gasteiger partial charge in [-0.15, -0.1) is 10.2 Å². The Morgan fingerprint density at radius 2 is 1.94 bits per heavy atom. The Bertz CT molecular complexity index is 1080. The maximum atomic E-state index is 13.2. The normalized spacial score (nSPS) is 19.9. The third kappa shape index (κ3) is 5.18. The lowest BCUT2D eigenvalue weighted by molar-refractivity contribution is -0.148. The third-order valence-electron chi connectivity index (χ3n) is 6.09. The first-order valence-corrected chi connectivity index (χ1v) is 12.8. The smallest absolute Gasteiger partial charge is 0.310 e. The molecular weight excluding hydrogens is 444 g/mol. The molecule has 4 rings (SSSR count). The Balaban J connectivity index is 1.53. The summed E-state index contributed by atoms with van der Waals surface area (Å²) in [5.41, 5.74) is 1.97. The first-order chi connectivity index (χ1) is 15.9. The molecule has 2 aliphatic rings. The van der Waals surface area contributed by atoms with Crippen LogP contribution in [0.3, 0.4) is 0 Å². The van der Waals surface area contributed by atoms with E-state index in [1.54, 1.807) is 19.1 Å². The Kier molecular flexibility index (Phi) is 7.26. The van der Waals surface area contributed by atoms with Gasteiger partial charge < -0.3 is 14.4 Å². The minimum absolute atomic E-state index is 0.162. The molecule has 2 saturated heterocycles. The van der Waals surface area contributed by atoms with Gasteiger partial charge in [-0.25, -0.2) is 8.42 Å². The lowest BCUT2D eigenvalue weighted by Gasteiger charge is -2.32. The molecule has 3 heterocycles. The van der Waals surface area contributed by atoms with Crippen LogP contribution in [0.15, 0.2) is 35.2 Å². The lowest BCUT2D eigenvalue weighted by Crippen LogP contribution is -2.40. The molecule has 9 nitrogen and oxygen atoms in total. The molecule has 0 aliphatic carbocycles. The number of morpholine rings is 1. The highest BCUT2D eigenvalue weighted by molar-refractivity contribution is 7.89. The van der Waals surface area contributed by atoms with Crippen molar-refractivity contribution in [1.29, 1.82) is 0 Å². The summed E-state index contributed by atoms with van der Waals surface area (Å²) in [7, 11) is -3.61. The maximum absolute atomic E-state index is 13.2. The van der Waals surface area contributed by atoms with Gasteiger partial charge in [0.25, 0.3) is 0 Å². The van der Waals surface area contributed by atoms with Crippen molar-refractivity contribution in [2.45, 2.75) is 31.6 Å². The molecule has 2 aliphatic heterocycles. The van der Waals surface area contributed by atoms with Crippen LogP contribution in [0.25, 0.3) is 11.3 Å². The van der Waals surface area contributed by atoms with Crippen molar-refractivity contribution < 1.29 is 22.7 Å². The highest BCUT2D eigenvalue weighted by atomic mass is 32.2. The molecule has 0 spiro atoms. The number of rotatable bonds is 6. The molecule has 0 radical (unpaired) electrons. The van der Waals surface area contributed by atoms with Gasteiger partial charge in [-0.2, -0.15) is 4.31 Å². The van der Waals surface area contributed by atoms with Crippen molar-refractivity contribution in [2.75, 3.05) is 50.9 Å². The van der Waals surface area contributed by atoms with Crippen LogP contribution in [0, 0.1) is 12.8 Å². The number of nitrogens with zero attached hydrogens (tertiary/aromatic N) is 4. The Morgan fingerprint density at radius 3 is 2.64 bits per heavy atom. The van der Waals surface area contributed by atoms with Gasteiger partial charge in [-0.1, -0.05) is 12.1 Å². The number of benzene rings is 1. The van der Waals surface area contributed by atoms with Crippen molar-refractivity contribution in [3.63, 3.8) is 0 Å². The first kappa shape index (κ1) is 23.6. The van der Waals surface area contributed by atoms with E-state index >= 15 is 0 Å². The van der Waals surface area contributed by atoms with Crippen LogP contribution in [-0.4, -0.2) is 74.9 Å². The van der Waals surface area contributed by atoms with E-state index in [4.69, 9.17) is 9.47 Å². The van der Waals surface area contributed by atoms with Crippen molar-refractivity contribution in [1.82, 2.24) is 14.5 Å². The molecule has 1 atom stereocenters. The Morgan fingerprint density at radius 1 is 1.15 bits per heavy atom. The topological polar surface area (TPSA) is 102 Å². The third-order valence-corrected chi connectivity index (χ3v) is 8.13. The number of carbonyl (C=O) groups excluding carboxylic acids is 1. The number of sulfonamides is 1. The fourth-order valence-corrected chi connectivity index (χ4v) is 5.91. The van der Waals surface area contributed by atoms with E-state index < -0.39 is 10.0 Å². The lowest BCUT2D eigenvalue weighted by atomic mass is 9.98. The summed E-state index contributed by atoms with van der Waals surface area (Å²) in [6.45, 7) is 6.84. The van der Waals surface area contributed by atoms with Crippen LogP contribution in [0.2, 0.25) is 0 Å². The van der Waals surface area contributed by atoms with E-state index in [2.05, 4.69) is 10.2 Å². The second-order valence-corrected chi connectivity index (χ2v) is 10.2. The summed E-state index contributed by atoms with van der Waals surface area (Å²) >= 11 is 0.